The van der Waals surface area contributed by atoms with Crippen LogP contribution in [0.4, 0.5) is 11.4 Å². The molecule has 6 heteroatoms. The molecule has 154 valence electrons. The van der Waals surface area contributed by atoms with E-state index in [1.54, 1.807) is 30.3 Å². The normalized spacial score (nSPS) is 10.6. The zero-order valence-corrected chi connectivity index (χ0v) is 17.1. The summed E-state index contributed by atoms with van der Waals surface area (Å²) in [7, 11) is 0. The molecule has 0 atom stereocenters. The predicted octanol–water partition coefficient (Wildman–Crippen LogP) is 4.19. The second kappa shape index (κ2) is 9.69. The highest BCUT2D eigenvalue weighted by Crippen LogP contribution is 2.16. The van der Waals surface area contributed by atoms with E-state index >= 15 is 0 Å². The van der Waals surface area contributed by atoms with Gasteiger partial charge in [0.2, 0.25) is 11.8 Å². The lowest BCUT2D eigenvalue weighted by Gasteiger charge is -2.10. The Morgan fingerprint density at radius 3 is 2.10 bits per heavy atom. The molecule has 0 saturated heterocycles. The number of nitrogens with one attached hydrogen (secondary N) is 3. The van der Waals surface area contributed by atoms with Crippen molar-refractivity contribution in [2.24, 2.45) is 5.92 Å². The van der Waals surface area contributed by atoms with Crippen LogP contribution in [0.3, 0.4) is 0 Å². The van der Waals surface area contributed by atoms with E-state index in [0.29, 0.717) is 16.9 Å². The van der Waals surface area contributed by atoms with Crippen LogP contribution in [0.15, 0.2) is 66.7 Å². The smallest absolute Gasteiger partial charge is 0.251 e. The van der Waals surface area contributed by atoms with E-state index in [4.69, 9.17) is 0 Å². The minimum Gasteiger partial charge on any atom is -0.352 e. The van der Waals surface area contributed by atoms with Gasteiger partial charge >= 0.3 is 0 Å². The average molecular weight is 403 g/mol. The first-order valence-corrected chi connectivity index (χ1v) is 9.90. The molecule has 6 nitrogen and oxygen atoms in total. The first-order valence-electron chi connectivity index (χ1n) is 9.90. The fraction of sp³-hybridized carbons (Fsp3) is 0.208. The summed E-state index contributed by atoms with van der Waals surface area (Å²) in [5.41, 5.74) is 1.87. The maximum Gasteiger partial charge on any atom is 0.251 e. The minimum atomic E-state index is -0.209. The molecule has 0 aliphatic carbocycles. The summed E-state index contributed by atoms with van der Waals surface area (Å²) in [4.78, 5) is 36.1. The molecular weight excluding hydrogens is 378 g/mol. The van der Waals surface area contributed by atoms with Gasteiger partial charge in [-0.2, -0.15) is 0 Å². The third kappa shape index (κ3) is 5.67. The molecule has 0 aromatic heterocycles. The van der Waals surface area contributed by atoms with Crippen LogP contribution in [-0.4, -0.2) is 24.3 Å². The third-order valence-corrected chi connectivity index (χ3v) is 4.61. The lowest BCUT2D eigenvalue weighted by atomic mass is 10.1. The summed E-state index contributed by atoms with van der Waals surface area (Å²) < 4.78 is 0. The predicted molar refractivity (Wildman–Crippen MR) is 119 cm³/mol. The van der Waals surface area contributed by atoms with Crippen LogP contribution in [0.2, 0.25) is 0 Å². The first-order chi connectivity index (χ1) is 14.4. The van der Waals surface area contributed by atoms with E-state index < -0.39 is 0 Å². The molecule has 0 saturated carbocycles. The molecule has 3 amide bonds. The molecule has 0 radical (unpaired) electrons. The third-order valence-electron chi connectivity index (χ3n) is 4.61. The van der Waals surface area contributed by atoms with E-state index in [0.717, 1.165) is 10.8 Å². The van der Waals surface area contributed by atoms with Gasteiger partial charge in [0.1, 0.15) is 0 Å². The van der Waals surface area contributed by atoms with Crippen LogP contribution in [0.1, 0.15) is 30.6 Å². The number of benzene rings is 3. The van der Waals surface area contributed by atoms with Gasteiger partial charge in [-0.3, -0.25) is 14.4 Å². The molecular formula is C24H25N3O3. The molecule has 0 unspecified atom stereocenters. The molecule has 3 N–H and O–H groups in total. The van der Waals surface area contributed by atoms with E-state index in [9.17, 15) is 14.4 Å². The number of carbonyl (C=O) groups is 3. The average Bonchev–Trinajstić information content (AvgIpc) is 2.74. The number of anilines is 2. The van der Waals surface area contributed by atoms with Gasteiger partial charge in [-0.05, 0) is 47.2 Å². The van der Waals surface area contributed by atoms with Crippen molar-refractivity contribution in [3.63, 3.8) is 0 Å². The highest BCUT2D eigenvalue weighted by atomic mass is 16.2. The zero-order chi connectivity index (χ0) is 21.5. The monoisotopic (exact) mass is 403 g/mol. The molecule has 0 bridgehead atoms. The summed E-state index contributed by atoms with van der Waals surface area (Å²) in [6.45, 7) is 3.88. The Morgan fingerprint density at radius 1 is 0.800 bits per heavy atom. The Balaban J connectivity index is 1.46. The Kier molecular flexibility index (Phi) is 6.80. The second-order valence-corrected chi connectivity index (χ2v) is 7.34. The summed E-state index contributed by atoms with van der Waals surface area (Å²) in [5.74, 6) is -0.574. The van der Waals surface area contributed by atoms with Crippen molar-refractivity contribution in [1.29, 1.82) is 0 Å². The van der Waals surface area contributed by atoms with Gasteiger partial charge in [-0.25, -0.2) is 0 Å². The summed E-state index contributed by atoms with van der Waals surface area (Å²) in [6.07, 6.45) is 0.158. The quantitative estimate of drug-likeness (QED) is 0.553. The van der Waals surface area contributed by atoms with Gasteiger partial charge in [-0.15, -0.1) is 0 Å². The maximum absolute atomic E-state index is 12.3. The van der Waals surface area contributed by atoms with Gasteiger partial charge in [0.05, 0.1) is 0 Å². The number of hydrogen-bond donors (Lipinski definition) is 3. The maximum atomic E-state index is 12.3. The zero-order valence-electron chi connectivity index (χ0n) is 17.1. The molecule has 3 rings (SSSR count). The highest BCUT2D eigenvalue weighted by Gasteiger charge is 2.09. The van der Waals surface area contributed by atoms with Crippen LogP contribution in [-0.2, 0) is 9.59 Å². The fourth-order valence-electron chi connectivity index (χ4n) is 2.87. The van der Waals surface area contributed by atoms with Crippen molar-refractivity contribution < 1.29 is 14.4 Å². The lowest BCUT2D eigenvalue weighted by molar-refractivity contribution is -0.119. The molecule has 0 fully saturated rings. The van der Waals surface area contributed by atoms with E-state index in [-0.39, 0.29) is 36.6 Å². The standard InChI is InChI=1S/C24H25N3O3/c1-16(2)23(29)27-21-11-9-20(10-12-21)26-22(28)13-14-25-24(30)19-8-7-17-5-3-4-6-18(17)15-19/h3-12,15-16H,13-14H2,1-2H3,(H,25,30)(H,26,28)(H,27,29). The Morgan fingerprint density at radius 2 is 1.43 bits per heavy atom. The van der Waals surface area contributed by atoms with Crippen molar-refractivity contribution in [2.45, 2.75) is 20.3 Å². The largest absolute Gasteiger partial charge is 0.352 e. The highest BCUT2D eigenvalue weighted by molar-refractivity contribution is 5.99. The number of fused-ring (bicyclic) bond motifs is 1. The van der Waals surface area contributed by atoms with Crippen molar-refractivity contribution >= 4 is 39.9 Å². The fourth-order valence-corrected chi connectivity index (χ4v) is 2.87. The molecule has 30 heavy (non-hydrogen) atoms. The van der Waals surface area contributed by atoms with Crippen molar-refractivity contribution in [1.82, 2.24) is 5.32 Å². The van der Waals surface area contributed by atoms with E-state index in [1.807, 2.05) is 50.2 Å². The lowest BCUT2D eigenvalue weighted by Crippen LogP contribution is -2.27. The summed E-state index contributed by atoms with van der Waals surface area (Å²) >= 11 is 0. The summed E-state index contributed by atoms with van der Waals surface area (Å²) in [6, 6.07) is 20.3. The van der Waals surface area contributed by atoms with Gasteiger partial charge in [-0.1, -0.05) is 44.2 Å². The van der Waals surface area contributed by atoms with Crippen LogP contribution in [0.25, 0.3) is 10.8 Å². The topological polar surface area (TPSA) is 87.3 Å². The van der Waals surface area contributed by atoms with Crippen LogP contribution < -0.4 is 16.0 Å². The first kappa shape index (κ1) is 21.0. The Labute approximate surface area is 175 Å². The van der Waals surface area contributed by atoms with Gasteiger partial charge in [0, 0.05) is 35.8 Å². The molecule has 0 heterocycles. The Bertz CT molecular complexity index is 1060. The number of amides is 3. The number of hydrogen-bond acceptors (Lipinski definition) is 3. The van der Waals surface area contributed by atoms with Crippen LogP contribution >= 0.6 is 0 Å². The van der Waals surface area contributed by atoms with E-state index in [1.165, 1.54) is 0 Å². The van der Waals surface area contributed by atoms with E-state index in [2.05, 4.69) is 16.0 Å². The van der Waals surface area contributed by atoms with Gasteiger partial charge in [0.15, 0.2) is 0 Å². The molecule has 0 spiro atoms. The van der Waals surface area contributed by atoms with Crippen LogP contribution in [0, 0.1) is 5.92 Å². The minimum absolute atomic E-state index is 0.0612. The number of rotatable bonds is 7. The van der Waals surface area contributed by atoms with Crippen LogP contribution in [0.5, 0.6) is 0 Å². The SMILES string of the molecule is CC(C)C(=O)Nc1ccc(NC(=O)CCNC(=O)c2ccc3ccccc3c2)cc1. The van der Waals surface area contributed by atoms with Crippen molar-refractivity contribution in [3.05, 3.63) is 72.3 Å². The second-order valence-electron chi connectivity index (χ2n) is 7.34. The van der Waals surface area contributed by atoms with Crippen molar-refractivity contribution in [2.75, 3.05) is 17.2 Å². The number of carbonyl (C=O) groups excluding carboxylic acids is 3. The summed E-state index contributed by atoms with van der Waals surface area (Å²) in [5, 5.41) is 10.4. The molecule has 0 aliphatic rings. The molecule has 3 aromatic carbocycles. The Hall–Kier alpha value is -3.67. The van der Waals surface area contributed by atoms with Gasteiger partial charge in [0.25, 0.3) is 5.91 Å². The van der Waals surface area contributed by atoms with Crippen molar-refractivity contribution in [3.8, 4) is 0 Å². The molecule has 3 aromatic rings. The van der Waals surface area contributed by atoms with Gasteiger partial charge < -0.3 is 16.0 Å². The molecule has 0 aliphatic heterocycles.